The van der Waals surface area contributed by atoms with E-state index in [2.05, 4.69) is 18.6 Å². The van der Waals surface area contributed by atoms with E-state index in [9.17, 15) is 8.42 Å². The summed E-state index contributed by atoms with van der Waals surface area (Å²) in [5, 5.41) is 0. The van der Waals surface area contributed by atoms with E-state index in [4.69, 9.17) is 9.47 Å². The quantitative estimate of drug-likeness (QED) is 0.742. The largest absolute Gasteiger partial charge is 0.490 e. The van der Waals surface area contributed by atoms with Crippen LogP contribution in [0.1, 0.15) is 20.3 Å². The topological polar surface area (TPSA) is 69.1 Å². The number of hydrogen-bond donors (Lipinski definition) is 2. The molecule has 0 spiro atoms. The molecule has 22 heavy (non-hydrogen) atoms. The number of sulfonamides is 1. The van der Waals surface area contributed by atoms with E-state index in [1.165, 1.54) is 11.0 Å². The Labute approximate surface area is 132 Å². The van der Waals surface area contributed by atoms with E-state index in [1.807, 2.05) is 0 Å². The molecule has 1 aliphatic rings. The molecular formula is C15H25N2O4S+. The molecule has 6 nitrogen and oxygen atoms in total. The van der Waals surface area contributed by atoms with Gasteiger partial charge in [-0.1, -0.05) is 0 Å². The molecule has 1 heterocycles. The zero-order chi connectivity index (χ0) is 16.0. The van der Waals surface area contributed by atoms with Crippen LogP contribution in [0.25, 0.3) is 0 Å². The van der Waals surface area contributed by atoms with Gasteiger partial charge in [-0.05, 0) is 26.0 Å². The maximum absolute atomic E-state index is 12.3. The summed E-state index contributed by atoms with van der Waals surface area (Å²) in [5.74, 6) is 1.10. The van der Waals surface area contributed by atoms with Gasteiger partial charge in [0.1, 0.15) is 0 Å². The van der Waals surface area contributed by atoms with E-state index in [0.717, 1.165) is 26.1 Å². The zero-order valence-corrected chi connectivity index (χ0v) is 14.0. The molecule has 0 aliphatic carbocycles. The van der Waals surface area contributed by atoms with Crippen LogP contribution in [-0.4, -0.2) is 47.8 Å². The van der Waals surface area contributed by atoms with Crippen molar-refractivity contribution in [3.63, 3.8) is 0 Å². The molecular weight excluding hydrogens is 304 g/mol. The Morgan fingerprint density at radius 1 is 1.14 bits per heavy atom. The fourth-order valence-electron chi connectivity index (χ4n) is 2.36. The Morgan fingerprint density at radius 2 is 1.82 bits per heavy atom. The van der Waals surface area contributed by atoms with Crippen LogP contribution >= 0.6 is 0 Å². The molecule has 0 saturated carbocycles. The van der Waals surface area contributed by atoms with Crippen molar-refractivity contribution in [1.82, 2.24) is 4.72 Å². The van der Waals surface area contributed by atoms with Crippen LogP contribution in [-0.2, 0) is 10.0 Å². The van der Waals surface area contributed by atoms with Gasteiger partial charge in [0.15, 0.2) is 11.5 Å². The third-order valence-corrected chi connectivity index (χ3v) is 5.26. The number of quaternary nitrogens is 1. The molecule has 0 radical (unpaired) electrons. The molecule has 1 aromatic carbocycles. The number of fused-ring (bicyclic) bond motifs is 1. The standard InChI is InChI=1S/C15H24N2O4S/c1-3-17(4-2)9-8-16-22(18,19)13-6-7-14-15(12-13)21-11-5-10-20-14/h6-7,12,16H,3-5,8-11H2,1-2H3/p+1. The Morgan fingerprint density at radius 3 is 2.50 bits per heavy atom. The molecule has 2 N–H and O–H groups in total. The number of rotatable bonds is 7. The average Bonchev–Trinajstić information content (AvgIpc) is 2.76. The lowest BCUT2D eigenvalue weighted by Crippen LogP contribution is -3.12. The lowest BCUT2D eigenvalue weighted by molar-refractivity contribution is -0.895. The second kappa shape index (κ2) is 7.80. The van der Waals surface area contributed by atoms with Crippen molar-refractivity contribution in [2.45, 2.75) is 25.2 Å². The van der Waals surface area contributed by atoms with Gasteiger partial charge in [0.2, 0.25) is 10.0 Å². The highest BCUT2D eigenvalue weighted by molar-refractivity contribution is 7.89. The smallest absolute Gasteiger partial charge is 0.240 e. The number of nitrogens with one attached hydrogen (secondary N) is 2. The molecule has 0 fully saturated rings. The zero-order valence-electron chi connectivity index (χ0n) is 13.2. The Kier molecular flexibility index (Phi) is 6.05. The highest BCUT2D eigenvalue weighted by atomic mass is 32.2. The van der Waals surface area contributed by atoms with Gasteiger partial charge in [-0.15, -0.1) is 0 Å². The summed E-state index contributed by atoms with van der Waals surface area (Å²) >= 11 is 0. The van der Waals surface area contributed by atoms with Crippen molar-refractivity contribution >= 4 is 10.0 Å². The van der Waals surface area contributed by atoms with E-state index < -0.39 is 10.0 Å². The van der Waals surface area contributed by atoms with Gasteiger partial charge in [-0.25, -0.2) is 13.1 Å². The molecule has 0 atom stereocenters. The Balaban J connectivity index is 2.04. The molecule has 1 aromatic rings. The Hall–Kier alpha value is -1.31. The maximum atomic E-state index is 12.3. The normalized spacial score (nSPS) is 14.9. The average molecular weight is 329 g/mol. The van der Waals surface area contributed by atoms with Gasteiger partial charge in [0.05, 0.1) is 44.3 Å². The third-order valence-electron chi connectivity index (χ3n) is 3.80. The predicted molar refractivity (Wildman–Crippen MR) is 84.1 cm³/mol. The van der Waals surface area contributed by atoms with Crippen LogP contribution in [0.2, 0.25) is 0 Å². The van der Waals surface area contributed by atoms with Crippen LogP contribution in [0.15, 0.2) is 23.1 Å². The SMILES string of the molecule is CC[NH+](CC)CCNS(=O)(=O)c1ccc2c(c1)OCCCO2. The van der Waals surface area contributed by atoms with E-state index in [1.54, 1.807) is 12.1 Å². The highest BCUT2D eigenvalue weighted by Gasteiger charge is 2.19. The molecule has 0 bridgehead atoms. The minimum absolute atomic E-state index is 0.214. The van der Waals surface area contributed by atoms with Gasteiger partial charge in [0, 0.05) is 12.5 Å². The summed E-state index contributed by atoms with van der Waals surface area (Å²) in [4.78, 5) is 1.58. The lowest BCUT2D eigenvalue weighted by Gasteiger charge is -2.16. The van der Waals surface area contributed by atoms with Gasteiger partial charge >= 0.3 is 0 Å². The minimum Gasteiger partial charge on any atom is -0.490 e. The van der Waals surface area contributed by atoms with E-state index in [-0.39, 0.29) is 4.90 Å². The summed E-state index contributed by atoms with van der Waals surface area (Å²) in [6, 6.07) is 4.75. The van der Waals surface area contributed by atoms with Crippen LogP contribution in [0.5, 0.6) is 11.5 Å². The van der Waals surface area contributed by atoms with Crippen LogP contribution in [0.3, 0.4) is 0 Å². The first-order valence-electron chi connectivity index (χ1n) is 7.79. The number of ether oxygens (including phenoxy) is 2. The van der Waals surface area contributed by atoms with E-state index >= 15 is 0 Å². The number of likely N-dealkylation sites (N-methyl/N-ethyl adjacent to an activating group) is 1. The molecule has 1 aliphatic heterocycles. The molecule has 0 aromatic heterocycles. The van der Waals surface area contributed by atoms with Gasteiger partial charge in [-0.2, -0.15) is 0 Å². The minimum atomic E-state index is -3.52. The van der Waals surface area contributed by atoms with Crippen molar-refractivity contribution < 1.29 is 22.8 Å². The van der Waals surface area contributed by atoms with Crippen molar-refractivity contribution in [3.8, 4) is 11.5 Å². The van der Waals surface area contributed by atoms with Crippen molar-refractivity contribution in [1.29, 1.82) is 0 Å². The van der Waals surface area contributed by atoms with Crippen LogP contribution in [0, 0.1) is 0 Å². The van der Waals surface area contributed by atoms with Crippen LogP contribution in [0.4, 0.5) is 0 Å². The van der Waals surface area contributed by atoms with Gasteiger partial charge in [-0.3, -0.25) is 0 Å². The third kappa shape index (κ3) is 4.34. The van der Waals surface area contributed by atoms with Gasteiger partial charge in [0.25, 0.3) is 0 Å². The summed E-state index contributed by atoms with van der Waals surface area (Å²) in [6.45, 7) is 8.49. The van der Waals surface area contributed by atoms with Crippen molar-refractivity contribution in [3.05, 3.63) is 18.2 Å². The van der Waals surface area contributed by atoms with Gasteiger partial charge < -0.3 is 14.4 Å². The molecule has 0 saturated heterocycles. The second-order valence-corrected chi connectivity index (χ2v) is 7.03. The molecule has 2 rings (SSSR count). The first-order chi connectivity index (χ1) is 10.6. The lowest BCUT2D eigenvalue weighted by atomic mass is 10.3. The summed E-state index contributed by atoms with van der Waals surface area (Å²) in [7, 11) is -3.52. The number of benzene rings is 1. The fourth-order valence-corrected chi connectivity index (χ4v) is 3.41. The van der Waals surface area contributed by atoms with Crippen LogP contribution < -0.4 is 19.1 Å². The van der Waals surface area contributed by atoms with E-state index in [0.29, 0.717) is 31.3 Å². The fraction of sp³-hybridized carbons (Fsp3) is 0.600. The monoisotopic (exact) mass is 329 g/mol. The molecule has 0 unspecified atom stereocenters. The molecule has 7 heteroatoms. The summed E-state index contributed by atoms with van der Waals surface area (Å²) in [6.07, 6.45) is 0.793. The van der Waals surface area contributed by atoms with Crippen molar-refractivity contribution in [2.75, 3.05) is 39.4 Å². The maximum Gasteiger partial charge on any atom is 0.240 e. The first kappa shape index (κ1) is 17.1. The highest BCUT2D eigenvalue weighted by Crippen LogP contribution is 2.31. The first-order valence-corrected chi connectivity index (χ1v) is 9.28. The Bertz CT molecular complexity index is 585. The molecule has 0 amide bonds. The summed E-state index contributed by atoms with van der Waals surface area (Å²) < 4.78 is 38.4. The van der Waals surface area contributed by atoms with Crippen molar-refractivity contribution in [2.24, 2.45) is 0 Å². The summed E-state index contributed by atoms with van der Waals surface area (Å²) in [5.41, 5.74) is 0. The molecule has 124 valence electrons. The predicted octanol–water partition coefficient (Wildman–Crippen LogP) is 0.0509. The number of hydrogen-bond acceptors (Lipinski definition) is 4. The second-order valence-electron chi connectivity index (χ2n) is 5.26.